The predicted octanol–water partition coefficient (Wildman–Crippen LogP) is 4.59. The molecule has 4 aromatic carbocycles. The molecule has 0 amide bonds. The van der Waals surface area contributed by atoms with Crippen LogP contribution in [0.3, 0.4) is 0 Å². The highest BCUT2D eigenvalue weighted by molar-refractivity contribution is 7.11. The second-order valence-electron chi connectivity index (χ2n) is 6.77. The number of hydrogen-bond acceptors (Lipinski definition) is 0. The minimum absolute atomic E-state index is 0.845. The van der Waals surface area contributed by atoms with E-state index in [2.05, 4.69) is 103 Å². The molecule has 0 spiro atoms. The molecule has 27 heavy (non-hydrogen) atoms. The number of hydrogen-bond donors (Lipinski definition) is 0. The Hall–Kier alpha value is -2.61. The van der Waals surface area contributed by atoms with E-state index in [1.807, 2.05) is 12.1 Å². The van der Waals surface area contributed by atoms with Gasteiger partial charge in [0.2, 0.25) is 0 Å². The average Bonchev–Trinajstić information content (AvgIpc) is 2.75. The third-order valence-corrected chi connectivity index (χ3v) is 10.4. The van der Waals surface area contributed by atoms with Gasteiger partial charge in [0, 0.05) is 5.02 Å². The van der Waals surface area contributed by atoms with Crippen LogP contribution in [0.25, 0.3) is 0 Å². The molecule has 2 heteroatoms. The largest absolute Gasteiger partial charge is 0.152 e. The van der Waals surface area contributed by atoms with Crippen molar-refractivity contribution in [3.05, 3.63) is 126 Å². The maximum absolute atomic E-state index is 6.61. The van der Waals surface area contributed by atoms with Crippen molar-refractivity contribution < 1.29 is 0 Å². The maximum Gasteiger partial charge on any atom is 0.152 e. The lowest BCUT2D eigenvalue weighted by molar-refractivity contribution is 1.34. The van der Waals surface area contributed by atoms with E-state index in [0.29, 0.717) is 0 Å². The summed E-state index contributed by atoms with van der Waals surface area (Å²) in [5.74, 6) is 0. The molecule has 0 aliphatic heterocycles. The van der Waals surface area contributed by atoms with Crippen LogP contribution >= 0.6 is 11.6 Å². The predicted molar refractivity (Wildman–Crippen MR) is 119 cm³/mol. The van der Waals surface area contributed by atoms with Gasteiger partial charge in [-0.1, -0.05) is 121 Å². The molecule has 0 aromatic heterocycles. The molecule has 4 aromatic rings. The van der Waals surface area contributed by atoms with Gasteiger partial charge in [-0.15, -0.1) is 0 Å². The summed E-state index contributed by atoms with van der Waals surface area (Å²) >= 11 is 6.61. The summed E-state index contributed by atoms with van der Waals surface area (Å²) in [6.07, 6.45) is 0. The van der Waals surface area contributed by atoms with Crippen molar-refractivity contribution in [2.45, 2.75) is 6.04 Å². The summed E-state index contributed by atoms with van der Waals surface area (Å²) < 4.78 is 0. The van der Waals surface area contributed by atoms with Gasteiger partial charge in [-0.05, 0) is 33.2 Å². The molecule has 0 aliphatic rings. The zero-order valence-corrected chi connectivity index (χ0v) is 16.8. The Morgan fingerprint density at radius 2 is 0.852 bits per heavy atom. The number of rotatable bonds is 5. The Bertz CT molecular complexity index is 901. The quantitative estimate of drug-likeness (QED) is 0.348. The van der Waals surface area contributed by atoms with Gasteiger partial charge in [0.15, 0.2) is 8.07 Å². The number of benzene rings is 4. The second-order valence-corrected chi connectivity index (χ2v) is 11.1. The molecule has 0 saturated heterocycles. The molecule has 0 unspecified atom stereocenters. The van der Waals surface area contributed by atoms with Gasteiger partial charge in [0.1, 0.15) is 0 Å². The van der Waals surface area contributed by atoms with Crippen molar-refractivity contribution in [2.75, 3.05) is 0 Å². The van der Waals surface area contributed by atoms with Crippen LogP contribution in [0, 0.1) is 0 Å². The van der Waals surface area contributed by atoms with Gasteiger partial charge in [-0.25, -0.2) is 0 Å². The summed E-state index contributed by atoms with van der Waals surface area (Å²) in [6, 6.07) is 42.0. The molecule has 0 saturated carbocycles. The van der Waals surface area contributed by atoms with E-state index in [0.717, 1.165) is 11.1 Å². The third-order valence-electron chi connectivity index (χ3n) is 5.21. The van der Waals surface area contributed by atoms with Crippen molar-refractivity contribution in [3.8, 4) is 0 Å². The monoisotopic (exact) mass is 384 g/mol. The van der Waals surface area contributed by atoms with Crippen molar-refractivity contribution in [2.24, 2.45) is 0 Å². The summed E-state index contributed by atoms with van der Waals surface area (Å²) in [5.41, 5.74) is 1.21. The van der Waals surface area contributed by atoms with Crippen LogP contribution in [0.4, 0.5) is 0 Å². The SMILES string of the molecule is Clc1ccccc1C[Si](c1ccccc1)(c1ccccc1)c1ccccc1. The van der Waals surface area contributed by atoms with Crippen molar-refractivity contribution in [1.29, 1.82) is 0 Å². The van der Waals surface area contributed by atoms with Crippen LogP contribution in [-0.2, 0) is 6.04 Å². The fourth-order valence-corrected chi connectivity index (χ4v) is 8.99. The number of halogens is 1. The topological polar surface area (TPSA) is 0 Å². The molecule has 4 rings (SSSR count). The van der Waals surface area contributed by atoms with E-state index < -0.39 is 8.07 Å². The molecule has 0 fully saturated rings. The first-order valence-electron chi connectivity index (χ1n) is 9.21. The Labute approximate surface area is 167 Å². The molecule has 0 nitrogen and oxygen atoms in total. The lowest BCUT2D eigenvalue weighted by Crippen LogP contribution is -2.68. The van der Waals surface area contributed by atoms with Crippen LogP contribution in [-0.4, -0.2) is 8.07 Å². The van der Waals surface area contributed by atoms with E-state index in [4.69, 9.17) is 11.6 Å². The van der Waals surface area contributed by atoms with Crippen molar-refractivity contribution >= 4 is 35.2 Å². The van der Waals surface area contributed by atoms with Crippen LogP contribution in [0.2, 0.25) is 5.02 Å². The lowest BCUT2D eigenvalue weighted by Gasteiger charge is -2.34. The Kier molecular flexibility index (Phi) is 5.24. The Morgan fingerprint density at radius 3 is 1.26 bits per heavy atom. The molecule has 0 radical (unpaired) electrons. The highest BCUT2D eigenvalue weighted by atomic mass is 35.5. The molecule has 0 N–H and O–H groups in total. The van der Waals surface area contributed by atoms with E-state index in [1.54, 1.807) is 0 Å². The van der Waals surface area contributed by atoms with Gasteiger partial charge >= 0.3 is 0 Å². The molecule has 0 atom stereocenters. The summed E-state index contributed by atoms with van der Waals surface area (Å²) in [7, 11) is -2.28. The normalized spacial score (nSPS) is 11.3. The van der Waals surface area contributed by atoms with Gasteiger partial charge in [0.25, 0.3) is 0 Å². The average molecular weight is 385 g/mol. The molecule has 132 valence electrons. The van der Waals surface area contributed by atoms with E-state index in [-0.39, 0.29) is 0 Å². The fourth-order valence-electron chi connectivity index (χ4n) is 3.90. The van der Waals surface area contributed by atoms with E-state index in [9.17, 15) is 0 Å². The highest BCUT2D eigenvalue weighted by Crippen LogP contribution is 2.21. The maximum atomic E-state index is 6.61. The van der Waals surface area contributed by atoms with Crippen LogP contribution in [0.15, 0.2) is 115 Å². The summed E-state index contributed by atoms with van der Waals surface area (Å²) in [4.78, 5) is 0. The Balaban J connectivity index is 2.02. The molecular weight excluding hydrogens is 364 g/mol. The van der Waals surface area contributed by atoms with Crippen LogP contribution in [0.1, 0.15) is 5.56 Å². The minimum Gasteiger partial charge on any atom is -0.0841 e. The first kappa shape index (κ1) is 17.8. The lowest BCUT2D eigenvalue weighted by atomic mass is 10.2. The summed E-state index contributed by atoms with van der Waals surface area (Å²) in [5, 5.41) is 5.06. The van der Waals surface area contributed by atoms with Crippen LogP contribution in [0.5, 0.6) is 0 Å². The fraction of sp³-hybridized carbons (Fsp3) is 0.0400. The molecule has 0 bridgehead atoms. The smallest absolute Gasteiger partial charge is 0.0841 e. The zero-order valence-electron chi connectivity index (χ0n) is 15.1. The van der Waals surface area contributed by atoms with Gasteiger partial charge < -0.3 is 0 Å². The standard InChI is InChI=1S/C25H21ClSi/c26-25-19-11-10-12-21(25)20-27(22-13-4-1-5-14-22,23-15-6-2-7-16-23)24-17-8-3-9-18-24/h1-19H,20H2. The van der Waals surface area contributed by atoms with E-state index >= 15 is 0 Å². The van der Waals surface area contributed by atoms with E-state index in [1.165, 1.54) is 21.1 Å². The van der Waals surface area contributed by atoms with Crippen LogP contribution < -0.4 is 15.6 Å². The molecular formula is C25H21ClSi. The highest BCUT2D eigenvalue weighted by Gasteiger charge is 2.39. The zero-order chi connectivity index (χ0) is 18.5. The minimum atomic E-state index is -2.28. The van der Waals surface area contributed by atoms with Gasteiger partial charge in [0.05, 0.1) is 0 Å². The first-order valence-corrected chi connectivity index (χ1v) is 11.8. The summed E-state index contributed by atoms with van der Waals surface area (Å²) in [6.45, 7) is 0. The second kappa shape index (κ2) is 7.95. The molecule has 0 aliphatic carbocycles. The van der Waals surface area contributed by atoms with Gasteiger partial charge in [-0.2, -0.15) is 0 Å². The van der Waals surface area contributed by atoms with Gasteiger partial charge in [-0.3, -0.25) is 0 Å². The van der Waals surface area contributed by atoms with Crippen molar-refractivity contribution in [3.63, 3.8) is 0 Å². The Morgan fingerprint density at radius 1 is 0.481 bits per heavy atom. The first-order chi connectivity index (χ1) is 13.3. The molecule has 0 heterocycles. The van der Waals surface area contributed by atoms with Crippen molar-refractivity contribution in [1.82, 2.24) is 0 Å². The third kappa shape index (κ3) is 3.49.